The molecule has 0 radical (unpaired) electrons. The molecule has 3 aromatic rings. The summed E-state index contributed by atoms with van der Waals surface area (Å²) in [5, 5.41) is 0. The van der Waals surface area contributed by atoms with Gasteiger partial charge in [-0.2, -0.15) is 4.98 Å². The number of fused-ring (bicyclic) bond motifs is 1. The van der Waals surface area contributed by atoms with E-state index in [4.69, 9.17) is 4.74 Å². The number of piperidine rings is 1. The Morgan fingerprint density at radius 2 is 1.96 bits per heavy atom. The molecule has 4 heterocycles. The number of aryl methyl sites for hydroxylation is 1. The molecule has 0 unspecified atom stereocenters. The molecule has 0 bridgehead atoms. The predicted molar refractivity (Wildman–Crippen MR) is 103 cm³/mol. The van der Waals surface area contributed by atoms with E-state index < -0.39 is 0 Å². The largest absolute Gasteiger partial charge is 0.481 e. The van der Waals surface area contributed by atoms with Gasteiger partial charge >= 0.3 is 5.69 Å². The van der Waals surface area contributed by atoms with Crippen molar-refractivity contribution in [2.45, 2.75) is 32.9 Å². The van der Waals surface area contributed by atoms with E-state index in [2.05, 4.69) is 19.9 Å². The maximum Gasteiger partial charge on any atom is 0.330 e. The molecular formula is C19H24N6O2. The summed E-state index contributed by atoms with van der Waals surface area (Å²) in [7, 11) is 1.61. The Morgan fingerprint density at radius 3 is 2.70 bits per heavy atom. The molecule has 0 aliphatic carbocycles. The van der Waals surface area contributed by atoms with Gasteiger partial charge in [-0.25, -0.2) is 14.8 Å². The van der Waals surface area contributed by atoms with E-state index >= 15 is 0 Å². The van der Waals surface area contributed by atoms with Gasteiger partial charge in [-0.1, -0.05) is 0 Å². The van der Waals surface area contributed by atoms with E-state index in [0.29, 0.717) is 30.8 Å². The monoisotopic (exact) mass is 368 g/mol. The summed E-state index contributed by atoms with van der Waals surface area (Å²) in [5.74, 6) is 1.71. The Hall–Kier alpha value is -2.90. The topological polar surface area (TPSA) is 78.1 Å². The second-order valence-electron chi connectivity index (χ2n) is 6.81. The Morgan fingerprint density at radius 1 is 1.15 bits per heavy atom. The Balaban J connectivity index is 1.49. The predicted octanol–water partition coefficient (Wildman–Crippen LogP) is 1.93. The zero-order valence-electron chi connectivity index (χ0n) is 15.7. The highest BCUT2D eigenvalue weighted by Gasteiger charge is 2.24. The van der Waals surface area contributed by atoms with Gasteiger partial charge in [0.05, 0.1) is 12.6 Å². The molecule has 0 aromatic carbocycles. The first-order valence-corrected chi connectivity index (χ1v) is 9.37. The molecule has 27 heavy (non-hydrogen) atoms. The number of pyridine rings is 1. The fraction of sp³-hybridized carbons (Fsp3) is 0.474. The van der Waals surface area contributed by atoms with Crippen LogP contribution in [0.4, 0.5) is 5.95 Å². The average Bonchev–Trinajstić information content (AvgIpc) is 2.99. The summed E-state index contributed by atoms with van der Waals surface area (Å²) < 4.78 is 8.82. The molecule has 0 amide bonds. The van der Waals surface area contributed by atoms with Crippen LogP contribution in [0.2, 0.25) is 0 Å². The van der Waals surface area contributed by atoms with Gasteiger partial charge in [-0.05, 0) is 37.8 Å². The molecule has 0 saturated carbocycles. The number of rotatable bonds is 5. The molecule has 1 saturated heterocycles. The molecule has 0 atom stereocenters. The highest BCUT2D eigenvalue weighted by Crippen LogP contribution is 2.23. The summed E-state index contributed by atoms with van der Waals surface area (Å²) in [5.41, 5.74) is 1.72. The smallest absolute Gasteiger partial charge is 0.330 e. The van der Waals surface area contributed by atoms with Gasteiger partial charge in [0.15, 0.2) is 5.65 Å². The SMILES string of the molecule is CCn1c(=O)n(CC2CCN(c3nccc(OC)n3)CC2)c2ncccc21. The molecule has 0 N–H and O–H groups in total. The number of hydrogen-bond donors (Lipinski definition) is 0. The van der Waals surface area contributed by atoms with Crippen molar-refractivity contribution in [3.8, 4) is 5.88 Å². The van der Waals surface area contributed by atoms with Gasteiger partial charge in [-0.3, -0.25) is 9.13 Å². The van der Waals surface area contributed by atoms with Crippen molar-refractivity contribution in [2.24, 2.45) is 5.92 Å². The maximum absolute atomic E-state index is 12.8. The lowest BCUT2D eigenvalue weighted by Crippen LogP contribution is -2.37. The summed E-state index contributed by atoms with van der Waals surface area (Å²) in [6.07, 6.45) is 5.44. The van der Waals surface area contributed by atoms with Crippen molar-refractivity contribution in [2.75, 3.05) is 25.1 Å². The van der Waals surface area contributed by atoms with Crippen molar-refractivity contribution in [1.82, 2.24) is 24.1 Å². The summed E-state index contributed by atoms with van der Waals surface area (Å²) in [6.45, 7) is 5.08. The quantitative estimate of drug-likeness (QED) is 0.685. The Kier molecular flexibility index (Phi) is 4.79. The second kappa shape index (κ2) is 7.38. The zero-order valence-corrected chi connectivity index (χ0v) is 15.7. The minimum Gasteiger partial charge on any atom is -0.481 e. The van der Waals surface area contributed by atoms with Crippen molar-refractivity contribution in [1.29, 1.82) is 0 Å². The number of nitrogens with zero attached hydrogens (tertiary/aromatic N) is 6. The van der Waals surface area contributed by atoms with Crippen molar-refractivity contribution in [3.05, 3.63) is 41.1 Å². The second-order valence-corrected chi connectivity index (χ2v) is 6.81. The summed E-state index contributed by atoms with van der Waals surface area (Å²) in [6, 6.07) is 5.59. The first-order chi connectivity index (χ1) is 13.2. The highest BCUT2D eigenvalue weighted by atomic mass is 16.5. The molecule has 8 heteroatoms. The number of imidazole rings is 1. The van der Waals surface area contributed by atoms with Crippen LogP contribution in [0.25, 0.3) is 11.2 Å². The highest BCUT2D eigenvalue weighted by molar-refractivity contribution is 5.71. The van der Waals surface area contributed by atoms with Gasteiger partial charge in [0.1, 0.15) is 0 Å². The number of aromatic nitrogens is 5. The molecular weight excluding hydrogens is 344 g/mol. The zero-order chi connectivity index (χ0) is 18.8. The number of ether oxygens (including phenoxy) is 1. The number of anilines is 1. The lowest BCUT2D eigenvalue weighted by Gasteiger charge is -2.32. The average molecular weight is 368 g/mol. The molecule has 1 aliphatic heterocycles. The van der Waals surface area contributed by atoms with Crippen LogP contribution in [0.3, 0.4) is 0 Å². The normalized spacial score (nSPS) is 15.4. The van der Waals surface area contributed by atoms with Crippen molar-refractivity contribution >= 4 is 17.1 Å². The van der Waals surface area contributed by atoms with Gasteiger partial charge in [-0.15, -0.1) is 0 Å². The minimum atomic E-state index is 0.0322. The van der Waals surface area contributed by atoms with Gasteiger partial charge in [0, 0.05) is 44.6 Å². The first-order valence-electron chi connectivity index (χ1n) is 9.37. The fourth-order valence-electron chi connectivity index (χ4n) is 3.79. The summed E-state index contributed by atoms with van der Waals surface area (Å²) in [4.78, 5) is 28.2. The van der Waals surface area contributed by atoms with Crippen LogP contribution < -0.4 is 15.3 Å². The van der Waals surface area contributed by atoms with Crippen LogP contribution in [0.5, 0.6) is 5.88 Å². The number of hydrogen-bond acceptors (Lipinski definition) is 6. The Bertz CT molecular complexity index is 987. The molecule has 3 aromatic heterocycles. The fourth-order valence-corrected chi connectivity index (χ4v) is 3.79. The van der Waals surface area contributed by atoms with E-state index in [0.717, 1.165) is 37.1 Å². The van der Waals surface area contributed by atoms with Gasteiger partial charge in [0.25, 0.3) is 0 Å². The maximum atomic E-state index is 12.8. The Labute approximate surface area is 157 Å². The third-order valence-electron chi connectivity index (χ3n) is 5.26. The van der Waals surface area contributed by atoms with Crippen molar-refractivity contribution in [3.63, 3.8) is 0 Å². The van der Waals surface area contributed by atoms with Crippen LogP contribution in [0.1, 0.15) is 19.8 Å². The van der Waals surface area contributed by atoms with E-state index in [1.54, 1.807) is 30.1 Å². The molecule has 1 fully saturated rings. The van der Waals surface area contributed by atoms with Crippen LogP contribution in [0.15, 0.2) is 35.4 Å². The lowest BCUT2D eigenvalue weighted by molar-refractivity contribution is 0.350. The van der Waals surface area contributed by atoms with Crippen molar-refractivity contribution < 1.29 is 4.74 Å². The summed E-state index contributed by atoms with van der Waals surface area (Å²) >= 11 is 0. The van der Waals surface area contributed by atoms with Crippen LogP contribution in [-0.2, 0) is 13.1 Å². The van der Waals surface area contributed by atoms with Gasteiger partial charge in [0.2, 0.25) is 11.8 Å². The van der Waals surface area contributed by atoms with E-state index in [1.165, 1.54) is 0 Å². The molecule has 1 aliphatic rings. The van der Waals surface area contributed by atoms with E-state index in [-0.39, 0.29) is 5.69 Å². The van der Waals surface area contributed by atoms with E-state index in [1.807, 2.05) is 23.6 Å². The van der Waals surface area contributed by atoms with Crippen LogP contribution >= 0.6 is 0 Å². The first kappa shape index (κ1) is 17.5. The van der Waals surface area contributed by atoms with Crippen LogP contribution in [0, 0.1) is 5.92 Å². The number of methoxy groups -OCH3 is 1. The third-order valence-corrected chi connectivity index (χ3v) is 5.26. The lowest BCUT2D eigenvalue weighted by atomic mass is 9.97. The van der Waals surface area contributed by atoms with Gasteiger partial charge < -0.3 is 9.64 Å². The molecule has 8 nitrogen and oxygen atoms in total. The molecule has 0 spiro atoms. The minimum absolute atomic E-state index is 0.0322. The third kappa shape index (κ3) is 3.27. The van der Waals surface area contributed by atoms with Crippen LogP contribution in [-0.4, -0.2) is 44.3 Å². The molecule has 142 valence electrons. The standard InChI is InChI=1S/C19H24N6O2/c1-3-24-15-5-4-9-20-17(15)25(19(24)26)13-14-7-11-23(12-8-14)18-21-10-6-16(22-18)27-2/h4-6,9-10,14H,3,7-8,11-13H2,1-2H3. The molecule has 4 rings (SSSR count). The van der Waals surface area contributed by atoms with E-state index in [9.17, 15) is 4.79 Å².